The van der Waals surface area contributed by atoms with Crippen LogP contribution >= 0.6 is 0 Å². The lowest BCUT2D eigenvalue weighted by Gasteiger charge is -2.29. The number of nitrogens with zero attached hydrogens (tertiary/aromatic N) is 5. The van der Waals surface area contributed by atoms with Gasteiger partial charge in [0.15, 0.2) is 0 Å². The first kappa shape index (κ1) is 27.4. The third-order valence-corrected chi connectivity index (χ3v) is 8.09. The Balaban J connectivity index is 1.51. The second-order valence-corrected chi connectivity index (χ2v) is 11.5. The number of nitrogens with one attached hydrogen (secondary N) is 2. The van der Waals surface area contributed by atoms with Crippen molar-refractivity contribution in [3.63, 3.8) is 0 Å². The van der Waals surface area contributed by atoms with Crippen LogP contribution in [-0.4, -0.2) is 83.3 Å². The van der Waals surface area contributed by atoms with Crippen LogP contribution in [0, 0.1) is 0 Å². The third kappa shape index (κ3) is 5.58. The smallest absolute Gasteiger partial charge is 0.233 e. The molecule has 1 aliphatic heterocycles. The molecule has 0 atom stereocenters. The van der Waals surface area contributed by atoms with Crippen LogP contribution < -0.4 is 19.3 Å². The topological polar surface area (TPSA) is 125 Å². The van der Waals surface area contributed by atoms with Crippen molar-refractivity contribution in [3.8, 4) is 17.0 Å². The Labute approximate surface area is 233 Å². The van der Waals surface area contributed by atoms with Crippen molar-refractivity contribution >= 4 is 44.5 Å². The summed E-state index contributed by atoms with van der Waals surface area (Å²) < 4.78 is 36.8. The minimum Gasteiger partial charge on any atom is -0.496 e. The zero-order chi connectivity index (χ0) is 28.3. The van der Waals surface area contributed by atoms with Crippen LogP contribution in [0.3, 0.4) is 0 Å². The second-order valence-electron chi connectivity index (χ2n) is 9.48. The molecule has 1 aromatic carbocycles. The number of hydrogen-bond donors (Lipinski definition) is 2. The van der Waals surface area contributed by atoms with Crippen LogP contribution in [-0.2, 0) is 21.3 Å². The van der Waals surface area contributed by atoms with E-state index in [4.69, 9.17) is 9.47 Å². The zero-order valence-corrected chi connectivity index (χ0v) is 23.8. The number of hydrogen-bond acceptors (Lipinski definition) is 9. The van der Waals surface area contributed by atoms with Gasteiger partial charge in [0.2, 0.25) is 10.0 Å². The van der Waals surface area contributed by atoms with E-state index >= 15 is 0 Å². The molecule has 0 aliphatic carbocycles. The molecule has 0 unspecified atom stereocenters. The summed E-state index contributed by atoms with van der Waals surface area (Å²) in [7, 11) is 1.40. The fraction of sp³-hybridized carbons (Fsp3) is 0.321. The predicted octanol–water partition coefficient (Wildman–Crippen LogP) is 3.53. The Morgan fingerprint density at radius 2 is 2.02 bits per heavy atom. The quantitative estimate of drug-likeness (QED) is 0.297. The second kappa shape index (κ2) is 11.5. The number of aromatic nitrogens is 3. The van der Waals surface area contributed by atoms with Crippen LogP contribution in [0.15, 0.2) is 53.8 Å². The van der Waals surface area contributed by atoms with E-state index in [0.29, 0.717) is 31.2 Å². The van der Waals surface area contributed by atoms with E-state index in [9.17, 15) is 8.42 Å². The lowest BCUT2D eigenvalue weighted by atomic mass is 10.1. The standard InChI is InChI=1S/C28H33N7O4S/c1-29-16-20-18-32-27-23(26(20)31-17-19-6-5-9-30-28(19)34(2)40(4,36)37)15-24(33-27)22-8-7-21(14-25(22)38-3)35-10-12-39-13-11-35/h5-9,14-16,18H,10-13,17H2,1-4H3,(H2,31,32,33). The number of sulfonamides is 1. The zero-order valence-electron chi connectivity index (χ0n) is 23.0. The van der Waals surface area contributed by atoms with E-state index in [1.807, 2.05) is 12.1 Å². The monoisotopic (exact) mass is 563 g/mol. The average molecular weight is 564 g/mol. The highest BCUT2D eigenvalue weighted by Crippen LogP contribution is 2.37. The van der Waals surface area contributed by atoms with Crippen molar-refractivity contribution in [1.82, 2.24) is 15.0 Å². The van der Waals surface area contributed by atoms with Crippen molar-refractivity contribution in [1.29, 1.82) is 0 Å². The molecule has 2 N–H and O–H groups in total. The molecule has 0 bridgehead atoms. The van der Waals surface area contributed by atoms with E-state index < -0.39 is 10.0 Å². The highest BCUT2D eigenvalue weighted by molar-refractivity contribution is 7.92. The van der Waals surface area contributed by atoms with Gasteiger partial charge in [0, 0.05) is 86.2 Å². The number of anilines is 3. The number of benzene rings is 1. The first-order valence-electron chi connectivity index (χ1n) is 12.9. The minimum atomic E-state index is -3.47. The molecule has 0 radical (unpaired) electrons. The Morgan fingerprint density at radius 1 is 1.23 bits per heavy atom. The number of aliphatic imine (C=N–C) groups is 1. The number of fused-ring (bicyclic) bond motifs is 1. The average Bonchev–Trinajstić information content (AvgIpc) is 3.40. The van der Waals surface area contributed by atoms with Gasteiger partial charge >= 0.3 is 0 Å². The molecule has 11 nitrogen and oxygen atoms in total. The number of pyridine rings is 2. The summed E-state index contributed by atoms with van der Waals surface area (Å²) in [5, 5.41) is 4.36. The maximum absolute atomic E-state index is 12.2. The molecular weight excluding hydrogens is 530 g/mol. The number of H-pyrrole nitrogens is 1. The fourth-order valence-electron chi connectivity index (χ4n) is 4.78. The van der Waals surface area contributed by atoms with E-state index in [2.05, 4.69) is 48.4 Å². The van der Waals surface area contributed by atoms with E-state index in [1.54, 1.807) is 38.8 Å². The maximum Gasteiger partial charge on any atom is 0.233 e. The highest BCUT2D eigenvalue weighted by Gasteiger charge is 2.20. The molecule has 0 spiro atoms. The fourth-order valence-corrected chi connectivity index (χ4v) is 5.26. The van der Waals surface area contributed by atoms with Crippen LogP contribution in [0.1, 0.15) is 11.1 Å². The Morgan fingerprint density at radius 3 is 2.75 bits per heavy atom. The van der Waals surface area contributed by atoms with Crippen LogP contribution in [0.4, 0.5) is 17.2 Å². The molecular formula is C28H33N7O4S. The van der Waals surface area contributed by atoms with Gasteiger partial charge in [0.05, 0.1) is 38.0 Å². The largest absolute Gasteiger partial charge is 0.496 e. The molecule has 3 aromatic heterocycles. The predicted molar refractivity (Wildman–Crippen MR) is 159 cm³/mol. The number of aromatic amines is 1. The van der Waals surface area contributed by atoms with Crippen molar-refractivity contribution in [3.05, 3.63) is 59.9 Å². The van der Waals surface area contributed by atoms with Crippen LogP contribution in [0.5, 0.6) is 5.75 Å². The Kier molecular flexibility index (Phi) is 7.90. The van der Waals surface area contributed by atoms with E-state index in [1.165, 1.54) is 11.4 Å². The number of rotatable bonds is 9. The van der Waals surface area contributed by atoms with Gasteiger partial charge in [-0.3, -0.25) is 9.30 Å². The van der Waals surface area contributed by atoms with Gasteiger partial charge in [0.1, 0.15) is 17.2 Å². The summed E-state index contributed by atoms with van der Waals surface area (Å²) in [6.07, 6.45) is 6.23. The molecule has 1 fully saturated rings. The lowest BCUT2D eigenvalue weighted by Crippen LogP contribution is -2.36. The van der Waals surface area contributed by atoms with Crippen LogP contribution in [0.2, 0.25) is 0 Å². The molecule has 5 rings (SSSR count). The maximum atomic E-state index is 12.2. The molecule has 0 saturated carbocycles. The summed E-state index contributed by atoms with van der Waals surface area (Å²) in [4.78, 5) is 18.9. The van der Waals surface area contributed by atoms with Gasteiger partial charge in [-0.15, -0.1) is 0 Å². The van der Waals surface area contributed by atoms with Gasteiger partial charge in [-0.1, -0.05) is 6.07 Å². The summed E-state index contributed by atoms with van der Waals surface area (Å²) in [6.45, 7) is 3.44. The highest BCUT2D eigenvalue weighted by atomic mass is 32.2. The SMILES string of the molecule is CN=Cc1cnc2[nH]c(-c3ccc(N4CCOCC4)cc3OC)cc2c1NCc1cccnc1N(C)S(C)(=O)=O. The van der Waals surface area contributed by atoms with Crippen molar-refractivity contribution in [2.24, 2.45) is 4.99 Å². The molecule has 40 heavy (non-hydrogen) atoms. The van der Waals surface area contributed by atoms with Crippen molar-refractivity contribution < 1.29 is 17.9 Å². The Bertz CT molecular complexity index is 1650. The van der Waals surface area contributed by atoms with Gasteiger partial charge in [0.25, 0.3) is 0 Å². The third-order valence-electron chi connectivity index (χ3n) is 6.93. The summed E-state index contributed by atoms with van der Waals surface area (Å²) in [5.74, 6) is 1.12. The van der Waals surface area contributed by atoms with Gasteiger partial charge in [-0.05, 0) is 24.3 Å². The summed E-state index contributed by atoms with van der Waals surface area (Å²) >= 11 is 0. The summed E-state index contributed by atoms with van der Waals surface area (Å²) in [6, 6.07) is 11.9. The Hall–Kier alpha value is -4.16. The molecule has 12 heteroatoms. The van der Waals surface area contributed by atoms with E-state index in [-0.39, 0.29) is 0 Å². The van der Waals surface area contributed by atoms with Gasteiger partial charge in [-0.2, -0.15) is 0 Å². The molecule has 210 valence electrons. The van der Waals surface area contributed by atoms with Crippen LogP contribution in [0.25, 0.3) is 22.3 Å². The van der Waals surface area contributed by atoms with Crippen molar-refractivity contribution in [2.75, 3.05) is 68.3 Å². The van der Waals surface area contributed by atoms with Crippen molar-refractivity contribution in [2.45, 2.75) is 6.54 Å². The minimum absolute atomic E-state index is 0.338. The number of methoxy groups -OCH3 is 1. The lowest BCUT2D eigenvalue weighted by molar-refractivity contribution is 0.122. The normalized spacial score (nSPS) is 14.2. The van der Waals surface area contributed by atoms with E-state index in [0.717, 1.165) is 64.2 Å². The first-order chi connectivity index (χ1) is 19.3. The van der Waals surface area contributed by atoms with Gasteiger partial charge in [-0.25, -0.2) is 18.4 Å². The molecule has 4 heterocycles. The summed E-state index contributed by atoms with van der Waals surface area (Å²) in [5.41, 5.74) is 5.92. The molecule has 1 aliphatic rings. The molecule has 1 saturated heterocycles. The number of ether oxygens (including phenoxy) is 2. The number of morpholine rings is 1. The molecule has 0 amide bonds. The first-order valence-corrected chi connectivity index (χ1v) is 14.7. The van der Waals surface area contributed by atoms with Gasteiger partial charge < -0.3 is 24.7 Å². The molecule has 4 aromatic rings.